The molecule has 1 aromatic heterocycles. The maximum absolute atomic E-state index is 14.9. The summed E-state index contributed by atoms with van der Waals surface area (Å²) < 4.78 is 41.2. The summed E-state index contributed by atoms with van der Waals surface area (Å²) in [5.41, 5.74) is -4.29. The summed E-state index contributed by atoms with van der Waals surface area (Å²) in [6.07, 6.45) is 8.15. The molecule has 0 saturated carbocycles. The fourth-order valence-electron chi connectivity index (χ4n) is 10.9. The SMILES string of the molecule is CC(C)(C)C(NC(=O)c1cc2cc(C(F)(F)P(=O)(O)O)ccc2s1)C(=O)N1CCN(C(=O)CC(=O)NCCCCCCCCCC#Cc2ccc3c(c2)C(=O)N(C2CCC(=O)NC2=O)C3=O)C[C@H]1C(=O)N1CCC[C@H](c2ccccc2)C1. The molecule has 19 nitrogen and oxygen atoms in total. The summed E-state index contributed by atoms with van der Waals surface area (Å²) >= 11 is 0.940. The van der Waals surface area contributed by atoms with Crippen LogP contribution in [-0.4, -0.2) is 140 Å². The Morgan fingerprint density at radius 2 is 1.52 bits per heavy atom. The Balaban J connectivity index is 0.806. The Morgan fingerprint density at radius 1 is 0.817 bits per heavy atom. The number of hydrogen-bond acceptors (Lipinski definition) is 11. The van der Waals surface area contributed by atoms with Gasteiger partial charge in [0.2, 0.25) is 35.4 Å². The van der Waals surface area contributed by atoms with Gasteiger partial charge in [-0.25, -0.2) is 0 Å². The number of imide groups is 2. The molecule has 4 aromatic rings. The average Bonchev–Trinajstić information content (AvgIpc) is 4.22. The molecule has 3 saturated heterocycles. The van der Waals surface area contributed by atoms with Crippen molar-refractivity contribution in [2.45, 2.75) is 134 Å². The van der Waals surface area contributed by atoms with E-state index in [1.807, 2.05) is 30.3 Å². The molecule has 82 heavy (non-hydrogen) atoms. The first-order valence-electron chi connectivity index (χ1n) is 27.7. The molecule has 9 amide bonds. The Bertz CT molecular complexity index is 3260. The van der Waals surface area contributed by atoms with E-state index < -0.39 is 96.0 Å². The largest absolute Gasteiger partial charge is 0.399 e. The van der Waals surface area contributed by atoms with Crippen LogP contribution in [-0.2, 0) is 39.0 Å². The number of rotatable bonds is 19. The Labute approximate surface area is 478 Å². The van der Waals surface area contributed by atoms with Crippen molar-refractivity contribution in [3.05, 3.63) is 105 Å². The number of carbonyl (C=O) groups excluding carboxylic acids is 9. The lowest BCUT2D eigenvalue weighted by Crippen LogP contribution is -2.66. The fraction of sp³-hybridized carbons (Fsp3) is 0.475. The maximum atomic E-state index is 14.9. The second-order valence-electron chi connectivity index (χ2n) is 22.4. The van der Waals surface area contributed by atoms with Crippen molar-refractivity contribution in [1.82, 2.24) is 35.6 Å². The molecule has 0 spiro atoms. The standard InChI is InChI=1S/C59H68F2N7O12PS/c1-58(2,3)51(64-53(73)47-33-40-32-41(22-25-46(40)82-47)59(60,61)81(78,79)80)57(77)67-30-29-65(36-45(67)56(76)66-28-16-20-39(35-66)38-18-13-11-14-19-38)50(71)34-49(70)62-27-15-10-8-6-4-5-7-9-12-17-37-21-23-42-43(31-37)55(75)68(54(42)74)44-24-26-48(69)63-52(44)72/h11,13-14,18-19,21-23,25,31-33,39,44-45,51H,4-10,15-16,20,24,26-30,34-36H2,1-3H3,(H,62,70)(H,64,73)(H,63,69,72)(H2,78,79,80)/t39-,44?,45-,51?/m0/s1. The first-order chi connectivity index (χ1) is 38.9. The number of piperidine rings is 2. The second-order valence-corrected chi connectivity index (χ2v) is 25.1. The Hall–Kier alpha value is -7.18. The minimum absolute atomic E-state index is 0.0121. The number of nitrogens with one attached hydrogen (secondary N) is 3. The van der Waals surface area contributed by atoms with Crippen LogP contribution in [0.1, 0.15) is 157 Å². The number of carbonyl (C=O) groups is 9. The normalized spacial score (nSPS) is 19.1. The smallest absolute Gasteiger partial charge is 0.356 e. The van der Waals surface area contributed by atoms with Crippen molar-refractivity contribution in [3.8, 4) is 11.8 Å². The third-order valence-corrected chi connectivity index (χ3v) is 17.5. The highest BCUT2D eigenvalue weighted by atomic mass is 32.1. The minimum Gasteiger partial charge on any atom is -0.356 e. The van der Waals surface area contributed by atoms with Gasteiger partial charge in [0.1, 0.15) is 24.5 Å². The molecule has 436 valence electrons. The Kier molecular flexibility index (Phi) is 19.3. The quantitative estimate of drug-likeness (QED) is 0.0214. The van der Waals surface area contributed by atoms with Crippen molar-refractivity contribution in [2.24, 2.45) is 5.41 Å². The average molecular weight is 1170 g/mol. The number of likely N-dealkylation sites (tertiary alicyclic amines) is 1. The van der Waals surface area contributed by atoms with Gasteiger partial charge in [-0.05, 0) is 84.9 Å². The maximum Gasteiger partial charge on any atom is 0.399 e. The molecular weight excluding hydrogens is 1100 g/mol. The molecule has 0 radical (unpaired) electrons. The van der Waals surface area contributed by atoms with Crippen LogP contribution in [0.5, 0.6) is 0 Å². The van der Waals surface area contributed by atoms with Crippen molar-refractivity contribution in [2.75, 3.05) is 39.3 Å². The molecule has 3 aromatic carbocycles. The van der Waals surface area contributed by atoms with Gasteiger partial charge in [0.05, 0.1) is 22.5 Å². The van der Waals surface area contributed by atoms with Gasteiger partial charge in [-0.2, -0.15) is 8.78 Å². The summed E-state index contributed by atoms with van der Waals surface area (Å²) in [6.45, 7) is 6.14. The van der Waals surface area contributed by atoms with E-state index in [9.17, 15) is 66.3 Å². The van der Waals surface area contributed by atoms with E-state index in [1.165, 1.54) is 28.0 Å². The van der Waals surface area contributed by atoms with E-state index >= 15 is 0 Å². The van der Waals surface area contributed by atoms with Gasteiger partial charge in [0, 0.05) is 67.3 Å². The molecular formula is C59H68F2N7O12PS. The third kappa shape index (κ3) is 14.2. The predicted octanol–water partition coefficient (Wildman–Crippen LogP) is 6.80. The summed E-state index contributed by atoms with van der Waals surface area (Å²) in [5.74, 6) is 1.35. The number of halogens is 2. The highest BCUT2D eigenvalue weighted by Crippen LogP contribution is 2.59. The van der Waals surface area contributed by atoms with E-state index in [4.69, 9.17) is 0 Å². The fourth-order valence-corrected chi connectivity index (χ4v) is 12.3. The molecule has 4 atom stereocenters. The minimum atomic E-state index is -5.86. The van der Waals surface area contributed by atoms with Crippen LogP contribution in [0.15, 0.2) is 72.8 Å². The third-order valence-electron chi connectivity index (χ3n) is 15.4. The second kappa shape index (κ2) is 25.9. The molecule has 8 rings (SSSR count). The molecule has 4 aliphatic heterocycles. The Morgan fingerprint density at radius 3 is 2.23 bits per heavy atom. The lowest BCUT2D eigenvalue weighted by Gasteiger charge is -2.45. The van der Waals surface area contributed by atoms with Crippen LogP contribution in [0.25, 0.3) is 10.1 Å². The van der Waals surface area contributed by atoms with Crippen LogP contribution in [0.2, 0.25) is 0 Å². The van der Waals surface area contributed by atoms with Gasteiger partial charge in [0.25, 0.3) is 17.7 Å². The number of amides is 9. The van der Waals surface area contributed by atoms with Crippen LogP contribution in [0, 0.1) is 17.3 Å². The molecule has 2 unspecified atom stereocenters. The zero-order valence-electron chi connectivity index (χ0n) is 46.0. The summed E-state index contributed by atoms with van der Waals surface area (Å²) in [6, 6.07) is 15.5. The van der Waals surface area contributed by atoms with Crippen molar-refractivity contribution < 1.29 is 66.3 Å². The van der Waals surface area contributed by atoms with E-state index in [2.05, 4.69) is 27.8 Å². The summed E-state index contributed by atoms with van der Waals surface area (Å²) in [4.78, 5) is 145. The first kappa shape index (κ1) is 60.9. The lowest BCUT2D eigenvalue weighted by atomic mass is 9.85. The molecule has 5 heterocycles. The number of alkyl halides is 2. The first-order valence-corrected chi connectivity index (χ1v) is 30.2. The van der Waals surface area contributed by atoms with Crippen LogP contribution < -0.4 is 16.0 Å². The number of benzene rings is 3. The zero-order valence-corrected chi connectivity index (χ0v) is 47.8. The number of fused-ring (bicyclic) bond motifs is 2. The number of unbranched alkanes of at least 4 members (excludes halogenated alkanes) is 7. The van der Waals surface area contributed by atoms with Gasteiger partial charge >= 0.3 is 13.3 Å². The van der Waals surface area contributed by atoms with Crippen LogP contribution >= 0.6 is 18.9 Å². The molecule has 23 heteroatoms. The summed E-state index contributed by atoms with van der Waals surface area (Å²) in [5, 5.41) is 7.98. The van der Waals surface area contributed by atoms with Crippen molar-refractivity contribution in [3.63, 3.8) is 0 Å². The molecule has 4 aliphatic rings. The topological polar surface area (TPSA) is 260 Å². The van der Waals surface area contributed by atoms with Gasteiger partial charge in [0.15, 0.2) is 0 Å². The van der Waals surface area contributed by atoms with Crippen molar-refractivity contribution >= 4 is 82.2 Å². The van der Waals surface area contributed by atoms with Crippen molar-refractivity contribution in [1.29, 1.82) is 0 Å². The van der Waals surface area contributed by atoms with E-state index in [-0.39, 0.29) is 65.7 Å². The predicted molar refractivity (Wildman–Crippen MR) is 300 cm³/mol. The van der Waals surface area contributed by atoms with Gasteiger partial charge < -0.3 is 35.1 Å². The van der Waals surface area contributed by atoms with Gasteiger partial charge in [-0.15, -0.1) is 11.3 Å². The molecule has 3 fully saturated rings. The zero-order chi connectivity index (χ0) is 59.1. The van der Waals surface area contributed by atoms with Crippen LogP contribution in [0.3, 0.4) is 0 Å². The summed E-state index contributed by atoms with van der Waals surface area (Å²) in [7, 11) is -5.86. The van der Waals surface area contributed by atoms with E-state index in [0.717, 1.165) is 78.9 Å². The van der Waals surface area contributed by atoms with E-state index in [0.29, 0.717) is 49.2 Å². The lowest BCUT2D eigenvalue weighted by molar-refractivity contribution is -0.155. The number of nitrogens with zero attached hydrogens (tertiary/aromatic N) is 4. The molecule has 0 bridgehead atoms. The number of piperazine rings is 1. The monoisotopic (exact) mass is 1170 g/mol. The van der Waals surface area contributed by atoms with Gasteiger partial charge in [-0.3, -0.25) is 57.9 Å². The molecule has 0 aliphatic carbocycles. The number of thiophene rings is 1. The number of hydrogen-bond donors (Lipinski definition) is 5. The van der Waals surface area contributed by atoms with Crippen LogP contribution in [0.4, 0.5) is 8.78 Å². The highest BCUT2D eigenvalue weighted by Gasteiger charge is 2.51. The molecule has 5 N–H and O–H groups in total. The van der Waals surface area contributed by atoms with Gasteiger partial charge in [-0.1, -0.05) is 101 Å². The van der Waals surface area contributed by atoms with E-state index in [1.54, 1.807) is 37.8 Å². The highest BCUT2D eigenvalue weighted by molar-refractivity contribution is 7.52.